The fraction of sp³-hybridized carbons (Fsp3) is 0.889. The van der Waals surface area contributed by atoms with Gasteiger partial charge in [-0.25, -0.2) is 0 Å². The summed E-state index contributed by atoms with van der Waals surface area (Å²) < 4.78 is 0. The van der Waals surface area contributed by atoms with Crippen LogP contribution in [-0.2, 0) is 0 Å². The van der Waals surface area contributed by atoms with Crippen molar-refractivity contribution in [3.63, 3.8) is 0 Å². The molecule has 0 rings (SSSR count). The lowest BCUT2D eigenvalue weighted by Gasteiger charge is -2.18. The molecule has 5 N–H and O–H groups in total. The number of nitrogens with zero attached hydrogens (tertiary/aromatic N) is 1. The van der Waals surface area contributed by atoms with E-state index in [9.17, 15) is 5.11 Å². The smallest absolute Gasteiger partial charge is 0.140 e. The molecular formula is C9H21N3O2. The van der Waals surface area contributed by atoms with Crippen molar-refractivity contribution >= 4 is 5.84 Å². The number of aliphatic hydroxyl groups is 1. The highest BCUT2D eigenvalue weighted by Gasteiger charge is 2.11. The van der Waals surface area contributed by atoms with Gasteiger partial charge in [-0.1, -0.05) is 19.0 Å². The molecule has 2 unspecified atom stereocenters. The van der Waals surface area contributed by atoms with Crippen molar-refractivity contribution in [2.45, 2.75) is 39.3 Å². The molecule has 0 spiro atoms. The lowest BCUT2D eigenvalue weighted by atomic mass is 10.1. The number of nitrogens with two attached hydrogens (primary N) is 1. The molecule has 0 aliphatic rings. The quantitative estimate of drug-likeness (QED) is 0.213. The molecule has 14 heavy (non-hydrogen) atoms. The number of hydrogen-bond donors (Lipinski definition) is 4. The highest BCUT2D eigenvalue weighted by Crippen LogP contribution is 2.00. The highest BCUT2D eigenvalue weighted by molar-refractivity contribution is 5.80. The monoisotopic (exact) mass is 203 g/mol. The van der Waals surface area contributed by atoms with E-state index in [0.717, 1.165) is 0 Å². The van der Waals surface area contributed by atoms with E-state index < -0.39 is 0 Å². The number of amidine groups is 1. The van der Waals surface area contributed by atoms with Gasteiger partial charge in [0.1, 0.15) is 5.84 Å². The zero-order chi connectivity index (χ0) is 11.1. The first-order chi connectivity index (χ1) is 6.47. The van der Waals surface area contributed by atoms with Gasteiger partial charge in [0.25, 0.3) is 0 Å². The second kappa shape index (κ2) is 6.62. The van der Waals surface area contributed by atoms with Gasteiger partial charge in [0, 0.05) is 19.0 Å². The molecule has 2 atom stereocenters. The largest absolute Gasteiger partial charge is 0.409 e. The van der Waals surface area contributed by atoms with Crippen molar-refractivity contribution in [1.82, 2.24) is 5.32 Å². The van der Waals surface area contributed by atoms with Crippen LogP contribution in [0.2, 0.25) is 0 Å². The number of oxime groups is 1. The van der Waals surface area contributed by atoms with Gasteiger partial charge in [0.2, 0.25) is 0 Å². The Balaban J connectivity index is 3.69. The van der Waals surface area contributed by atoms with E-state index in [1.165, 1.54) is 0 Å². The number of aliphatic hydroxyl groups excluding tert-OH is 1. The lowest BCUT2D eigenvalue weighted by Crippen LogP contribution is -2.38. The van der Waals surface area contributed by atoms with Gasteiger partial charge in [0.15, 0.2) is 0 Å². The summed E-state index contributed by atoms with van der Waals surface area (Å²) in [7, 11) is 0. The average Bonchev–Trinajstić information content (AvgIpc) is 2.13. The first-order valence-corrected chi connectivity index (χ1v) is 4.85. The standard InChI is InChI=1S/C9H21N3O2/c1-6(2)8(13)5-11-7(3)4-9(10)12-14/h6-8,11,13-14H,4-5H2,1-3H3,(H2,10,12). The van der Waals surface area contributed by atoms with Gasteiger partial charge in [0.05, 0.1) is 6.10 Å². The molecule has 0 aromatic carbocycles. The molecule has 0 aliphatic carbocycles. The van der Waals surface area contributed by atoms with E-state index in [4.69, 9.17) is 10.9 Å². The van der Waals surface area contributed by atoms with Crippen LogP contribution in [0.15, 0.2) is 5.16 Å². The van der Waals surface area contributed by atoms with Crippen LogP contribution in [0.25, 0.3) is 0 Å². The van der Waals surface area contributed by atoms with Crippen molar-refractivity contribution < 1.29 is 10.3 Å². The van der Waals surface area contributed by atoms with Crippen LogP contribution in [0, 0.1) is 5.92 Å². The van der Waals surface area contributed by atoms with E-state index in [0.29, 0.717) is 13.0 Å². The van der Waals surface area contributed by atoms with Crippen molar-refractivity contribution in [2.75, 3.05) is 6.54 Å². The first kappa shape index (κ1) is 13.2. The first-order valence-electron chi connectivity index (χ1n) is 4.85. The van der Waals surface area contributed by atoms with Crippen LogP contribution in [0.4, 0.5) is 0 Å². The van der Waals surface area contributed by atoms with Gasteiger partial charge in [-0.15, -0.1) is 0 Å². The molecule has 0 amide bonds. The Morgan fingerprint density at radius 1 is 1.43 bits per heavy atom. The SMILES string of the molecule is CC(CC(N)=NO)NCC(O)C(C)C. The fourth-order valence-corrected chi connectivity index (χ4v) is 0.984. The molecule has 0 saturated heterocycles. The molecule has 0 bridgehead atoms. The van der Waals surface area contributed by atoms with E-state index in [-0.39, 0.29) is 23.9 Å². The van der Waals surface area contributed by atoms with Gasteiger partial charge in [-0.05, 0) is 12.8 Å². The molecule has 0 heterocycles. The van der Waals surface area contributed by atoms with Crippen molar-refractivity contribution in [3.8, 4) is 0 Å². The van der Waals surface area contributed by atoms with Gasteiger partial charge < -0.3 is 21.4 Å². The Hall–Kier alpha value is -0.810. The summed E-state index contributed by atoms with van der Waals surface area (Å²) >= 11 is 0. The minimum atomic E-state index is -0.357. The van der Waals surface area contributed by atoms with E-state index in [2.05, 4.69) is 10.5 Å². The zero-order valence-electron chi connectivity index (χ0n) is 9.07. The van der Waals surface area contributed by atoms with Gasteiger partial charge in [-0.2, -0.15) is 0 Å². The summed E-state index contributed by atoms with van der Waals surface area (Å²) in [4.78, 5) is 0. The van der Waals surface area contributed by atoms with Crippen molar-refractivity contribution in [2.24, 2.45) is 16.8 Å². The molecule has 0 aliphatic heterocycles. The van der Waals surface area contributed by atoms with Crippen LogP contribution >= 0.6 is 0 Å². The van der Waals surface area contributed by atoms with Crippen LogP contribution in [0.1, 0.15) is 27.2 Å². The molecule has 0 radical (unpaired) electrons. The Labute approximate surface area is 85.0 Å². The maximum absolute atomic E-state index is 9.49. The van der Waals surface area contributed by atoms with Gasteiger partial charge >= 0.3 is 0 Å². The maximum Gasteiger partial charge on any atom is 0.140 e. The number of nitrogens with one attached hydrogen (secondary N) is 1. The average molecular weight is 203 g/mol. The van der Waals surface area contributed by atoms with Crippen LogP contribution in [0.5, 0.6) is 0 Å². The fourth-order valence-electron chi connectivity index (χ4n) is 0.984. The molecule has 5 nitrogen and oxygen atoms in total. The summed E-state index contributed by atoms with van der Waals surface area (Å²) in [5.74, 6) is 0.433. The van der Waals surface area contributed by atoms with E-state index >= 15 is 0 Å². The Bertz CT molecular complexity index is 183. The third-order valence-corrected chi connectivity index (χ3v) is 2.09. The molecule has 0 aromatic heterocycles. The Morgan fingerprint density at radius 2 is 2.00 bits per heavy atom. The van der Waals surface area contributed by atoms with E-state index in [1.807, 2.05) is 20.8 Å². The minimum absolute atomic E-state index is 0.0966. The molecule has 0 aromatic rings. The molecule has 84 valence electrons. The summed E-state index contributed by atoms with van der Waals surface area (Å²) in [5.41, 5.74) is 5.34. The second-order valence-electron chi connectivity index (χ2n) is 3.92. The molecular weight excluding hydrogens is 182 g/mol. The Kier molecular flexibility index (Phi) is 6.23. The van der Waals surface area contributed by atoms with Crippen LogP contribution in [0.3, 0.4) is 0 Å². The normalized spacial score (nSPS) is 17.1. The number of rotatable bonds is 6. The topological polar surface area (TPSA) is 90.9 Å². The summed E-state index contributed by atoms with van der Waals surface area (Å²) in [6, 6.07) is 0.0966. The third kappa shape index (κ3) is 5.77. The van der Waals surface area contributed by atoms with E-state index in [1.54, 1.807) is 0 Å². The van der Waals surface area contributed by atoms with Crippen molar-refractivity contribution in [3.05, 3.63) is 0 Å². The third-order valence-electron chi connectivity index (χ3n) is 2.09. The summed E-state index contributed by atoms with van der Waals surface area (Å²) in [6.07, 6.45) is 0.117. The summed E-state index contributed by atoms with van der Waals surface area (Å²) in [5, 5.41) is 23.8. The van der Waals surface area contributed by atoms with Crippen molar-refractivity contribution in [1.29, 1.82) is 0 Å². The predicted molar refractivity (Wildman–Crippen MR) is 56.3 cm³/mol. The second-order valence-corrected chi connectivity index (χ2v) is 3.92. The highest BCUT2D eigenvalue weighted by atomic mass is 16.4. The minimum Gasteiger partial charge on any atom is -0.409 e. The Morgan fingerprint density at radius 3 is 2.43 bits per heavy atom. The van der Waals surface area contributed by atoms with Crippen LogP contribution in [-0.4, -0.2) is 34.8 Å². The van der Waals surface area contributed by atoms with Crippen LogP contribution < -0.4 is 11.1 Å². The maximum atomic E-state index is 9.49. The van der Waals surface area contributed by atoms with Gasteiger partial charge in [-0.3, -0.25) is 0 Å². The molecule has 5 heteroatoms. The molecule has 0 fully saturated rings. The summed E-state index contributed by atoms with van der Waals surface area (Å²) in [6.45, 7) is 6.36. The zero-order valence-corrected chi connectivity index (χ0v) is 9.07. The molecule has 0 saturated carbocycles. The lowest BCUT2D eigenvalue weighted by molar-refractivity contribution is 0.121. The predicted octanol–water partition coefficient (Wildman–Crippen LogP) is 0.118. The number of hydrogen-bond acceptors (Lipinski definition) is 4.